The number of benzene rings is 1. The third kappa shape index (κ3) is 2.53. The maximum absolute atomic E-state index is 6.19. The summed E-state index contributed by atoms with van der Waals surface area (Å²) >= 11 is 9.61. The van der Waals surface area contributed by atoms with Gasteiger partial charge in [-0.3, -0.25) is 0 Å². The van der Waals surface area contributed by atoms with E-state index in [0.717, 1.165) is 35.4 Å². The van der Waals surface area contributed by atoms with Crippen LogP contribution in [0, 0.1) is 0 Å². The quantitative estimate of drug-likeness (QED) is 0.793. The lowest BCUT2D eigenvalue weighted by atomic mass is 10.2. The second-order valence-electron chi connectivity index (χ2n) is 4.00. The minimum absolute atomic E-state index is 0.356. The molecule has 1 unspecified atom stereocenters. The molecule has 2 rings (SSSR count). The van der Waals surface area contributed by atoms with Crippen molar-refractivity contribution >= 4 is 33.2 Å². The molecule has 2 nitrogen and oxygen atoms in total. The number of alkyl halides is 1. The summed E-state index contributed by atoms with van der Waals surface area (Å²) in [5.74, 6) is 0. The van der Waals surface area contributed by atoms with Crippen LogP contribution in [0.25, 0.3) is 0 Å². The van der Waals surface area contributed by atoms with Crippen LogP contribution in [0.3, 0.4) is 0 Å². The summed E-state index contributed by atoms with van der Waals surface area (Å²) < 4.78 is 5.36. The van der Waals surface area contributed by atoms with Crippen molar-refractivity contribution < 1.29 is 4.74 Å². The molecular formula is C12H15BrClNO. The van der Waals surface area contributed by atoms with Gasteiger partial charge in [0.2, 0.25) is 0 Å². The number of methoxy groups -OCH3 is 1. The van der Waals surface area contributed by atoms with Gasteiger partial charge in [0.05, 0.1) is 6.10 Å². The normalized spacial score (nSPS) is 20.4. The third-order valence-electron chi connectivity index (χ3n) is 3.02. The van der Waals surface area contributed by atoms with Crippen molar-refractivity contribution in [1.29, 1.82) is 0 Å². The van der Waals surface area contributed by atoms with Gasteiger partial charge in [-0.2, -0.15) is 0 Å². The average molecular weight is 305 g/mol. The smallest absolute Gasteiger partial charge is 0.0762 e. The molecule has 1 aromatic carbocycles. The number of rotatable bonds is 3. The highest BCUT2D eigenvalue weighted by atomic mass is 79.9. The van der Waals surface area contributed by atoms with Gasteiger partial charge >= 0.3 is 0 Å². The Morgan fingerprint density at radius 2 is 2.38 bits per heavy atom. The molecule has 1 aliphatic rings. The van der Waals surface area contributed by atoms with E-state index in [4.69, 9.17) is 16.3 Å². The predicted octanol–water partition coefficient (Wildman–Crippen LogP) is 3.46. The SMILES string of the molecule is COC1CCN(c2ccc(CBr)c(Cl)c2)C1. The van der Waals surface area contributed by atoms with Gasteiger partial charge in [-0.05, 0) is 24.1 Å². The van der Waals surface area contributed by atoms with E-state index in [0.29, 0.717) is 6.10 Å². The first-order chi connectivity index (χ1) is 7.74. The minimum Gasteiger partial charge on any atom is -0.380 e. The molecule has 88 valence electrons. The molecule has 1 aliphatic heterocycles. The molecule has 0 spiro atoms. The van der Waals surface area contributed by atoms with Crippen LogP contribution in [0.4, 0.5) is 5.69 Å². The first kappa shape index (κ1) is 12.2. The Morgan fingerprint density at radius 3 is 2.94 bits per heavy atom. The van der Waals surface area contributed by atoms with Gasteiger partial charge in [0.1, 0.15) is 0 Å². The standard InChI is InChI=1S/C12H15BrClNO/c1-16-11-4-5-15(8-11)10-3-2-9(7-13)12(14)6-10/h2-3,6,11H,4-5,7-8H2,1H3. The van der Waals surface area contributed by atoms with Crippen LogP contribution in [-0.4, -0.2) is 26.3 Å². The molecule has 0 aliphatic carbocycles. The molecule has 0 saturated carbocycles. The second kappa shape index (κ2) is 5.39. The van der Waals surface area contributed by atoms with Gasteiger partial charge in [-0.25, -0.2) is 0 Å². The molecule has 0 radical (unpaired) electrons. The molecule has 0 bridgehead atoms. The van der Waals surface area contributed by atoms with E-state index in [2.05, 4.69) is 33.0 Å². The Hall–Kier alpha value is -0.250. The lowest BCUT2D eigenvalue weighted by Gasteiger charge is -2.19. The summed E-state index contributed by atoms with van der Waals surface area (Å²) in [6.45, 7) is 2.00. The zero-order valence-corrected chi connectivity index (χ0v) is 11.6. The first-order valence-electron chi connectivity index (χ1n) is 5.36. The molecule has 1 fully saturated rings. The average Bonchev–Trinajstić information content (AvgIpc) is 2.77. The van der Waals surface area contributed by atoms with Crippen molar-refractivity contribution in [3.63, 3.8) is 0 Å². The number of halogens is 2. The third-order valence-corrected chi connectivity index (χ3v) is 3.98. The van der Waals surface area contributed by atoms with Gasteiger partial charge in [0.25, 0.3) is 0 Å². The molecule has 16 heavy (non-hydrogen) atoms. The topological polar surface area (TPSA) is 12.5 Å². The number of ether oxygens (including phenoxy) is 1. The van der Waals surface area contributed by atoms with Gasteiger partial charge in [0.15, 0.2) is 0 Å². The maximum atomic E-state index is 6.19. The fraction of sp³-hybridized carbons (Fsp3) is 0.500. The van der Waals surface area contributed by atoms with E-state index in [1.165, 1.54) is 5.69 Å². The van der Waals surface area contributed by atoms with Crippen LogP contribution in [-0.2, 0) is 10.1 Å². The van der Waals surface area contributed by atoms with Crippen LogP contribution in [0.5, 0.6) is 0 Å². The zero-order chi connectivity index (χ0) is 11.5. The summed E-state index contributed by atoms with van der Waals surface area (Å²) in [4.78, 5) is 2.32. The van der Waals surface area contributed by atoms with Crippen molar-refractivity contribution in [3.05, 3.63) is 28.8 Å². The highest BCUT2D eigenvalue weighted by Crippen LogP contribution is 2.27. The van der Waals surface area contributed by atoms with E-state index in [-0.39, 0.29) is 0 Å². The molecule has 1 heterocycles. The summed E-state index contributed by atoms with van der Waals surface area (Å²) in [7, 11) is 1.77. The fourth-order valence-electron chi connectivity index (χ4n) is 2.00. The highest BCUT2D eigenvalue weighted by molar-refractivity contribution is 9.08. The molecule has 0 aromatic heterocycles. The van der Waals surface area contributed by atoms with Crippen molar-refractivity contribution in [2.45, 2.75) is 17.9 Å². The number of hydrogen-bond acceptors (Lipinski definition) is 2. The first-order valence-corrected chi connectivity index (χ1v) is 6.86. The van der Waals surface area contributed by atoms with Crippen molar-refractivity contribution in [2.24, 2.45) is 0 Å². The Labute approximate surface area is 110 Å². The van der Waals surface area contributed by atoms with Crippen LogP contribution >= 0.6 is 27.5 Å². The number of anilines is 1. The Morgan fingerprint density at radius 1 is 1.56 bits per heavy atom. The van der Waals surface area contributed by atoms with Gasteiger partial charge in [-0.1, -0.05) is 33.6 Å². The van der Waals surface area contributed by atoms with Gasteiger partial charge in [-0.15, -0.1) is 0 Å². The van der Waals surface area contributed by atoms with Crippen molar-refractivity contribution in [2.75, 3.05) is 25.1 Å². The zero-order valence-electron chi connectivity index (χ0n) is 9.25. The highest BCUT2D eigenvalue weighted by Gasteiger charge is 2.22. The van der Waals surface area contributed by atoms with E-state index >= 15 is 0 Å². The van der Waals surface area contributed by atoms with Crippen LogP contribution in [0.1, 0.15) is 12.0 Å². The minimum atomic E-state index is 0.356. The predicted molar refractivity (Wildman–Crippen MR) is 71.7 cm³/mol. The van der Waals surface area contributed by atoms with Crippen LogP contribution in [0.2, 0.25) is 5.02 Å². The van der Waals surface area contributed by atoms with Crippen LogP contribution < -0.4 is 4.90 Å². The second-order valence-corrected chi connectivity index (χ2v) is 4.97. The van der Waals surface area contributed by atoms with Crippen molar-refractivity contribution in [3.8, 4) is 0 Å². The van der Waals surface area contributed by atoms with Gasteiger partial charge in [0, 0.05) is 36.2 Å². The molecule has 4 heteroatoms. The monoisotopic (exact) mass is 303 g/mol. The Balaban J connectivity index is 2.13. The van der Waals surface area contributed by atoms with Crippen LogP contribution in [0.15, 0.2) is 18.2 Å². The Bertz CT molecular complexity index is 372. The van der Waals surface area contributed by atoms with E-state index in [1.807, 2.05) is 6.07 Å². The number of hydrogen-bond donors (Lipinski definition) is 0. The fourth-order valence-corrected chi connectivity index (χ4v) is 2.89. The molecule has 0 amide bonds. The Kier molecular flexibility index (Phi) is 4.11. The van der Waals surface area contributed by atoms with Gasteiger partial charge < -0.3 is 9.64 Å². The number of nitrogens with zero attached hydrogens (tertiary/aromatic N) is 1. The molecule has 0 N–H and O–H groups in total. The molecule has 1 aromatic rings. The molecule has 1 saturated heterocycles. The lowest BCUT2D eigenvalue weighted by Crippen LogP contribution is -2.22. The molecular weight excluding hydrogens is 289 g/mol. The molecule has 1 atom stereocenters. The van der Waals surface area contributed by atoms with E-state index in [1.54, 1.807) is 7.11 Å². The summed E-state index contributed by atoms with van der Waals surface area (Å²) in [6.07, 6.45) is 1.45. The van der Waals surface area contributed by atoms with Crippen molar-refractivity contribution in [1.82, 2.24) is 0 Å². The lowest BCUT2D eigenvalue weighted by molar-refractivity contribution is 0.121. The van der Waals surface area contributed by atoms with E-state index < -0.39 is 0 Å². The largest absolute Gasteiger partial charge is 0.380 e. The maximum Gasteiger partial charge on any atom is 0.0762 e. The summed E-state index contributed by atoms with van der Waals surface area (Å²) in [5.41, 5.74) is 2.32. The summed E-state index contributed by atoms with van der Waals surface area (Å²) in [6, 6.07) is 6.24. The van der Waals surface area contributed by atoms with E-state index in [9.17, 15) is 0 Å². The summed E-state index contributed by atoms with van der Waals surface area (Å²) in [5, 5.41) is 1.63.